The van der Waals surface area contributed by atoms with Gasteiger partial charge >= 0.3 is 0 Å². The van der Waals surface area contributed by atoms with Gasteiger partial charge in [-0.05, 0) is 13.0 Å². The number of ether oxygens (including phenoxy) is 1. The lowest BCUT2D eigenvalue weighted by atomic mass is 10.1. The number of carbonyl (C=O) groups excluding carboxylic acids is 1. The van der Waals surface area contributed by atoms with Crippen LogP contribution in [0.1, 0.15) is 12.5 Å². The van der Waals surface area contributed by atoms with Crippen LogP contribution < -0.4 is 10.5 Å². The number of rotatable bonds is 4. The molecule has 3 nitrogen and oxygen atoms in total. The van der Waals surface area contributed by atoms with E-state index in [-0.39, 0.29) is 12.3 Å². The minimum Gasteiger partial charge on any atom is -0.481 e. The first-order chi connectivity index (χ1) is 7.24. The van der Waals surface area contributed by atoms with Gasteiger partial charge in [-0.25, -0.2) is 0 Å². The fourth-order valence-corrected chi connectivity index (χ4v) is 1.16. The van der Waals surface area contributed by atoms with Gasteiger partial charge in [-0.2, -0.15) is 0 Å². The maximum atomic E-state index is 10.8. The lowest BCUT2D eigenvalue weighted by Gasteiger charge is -2.07. The minimum absolute atomic E-state index is 0.190. The van der Waals surface area contributed by atoms with Gasteiger partial charge in [-0.3, -0.25) is 4.79 Å². The highest BCUT2D eigenvalue weighted by atomic mass is 16.5. The average molecular weight is 203 g/mol. The number of hydrogen-bond acceptors (Lipinski definition) is 2. The van der Waals surface area contributed by atoms with E-state index in [1.54, 1.807) is 13.0 Å². The van der Waals surface area contributed by atoms with E-state index in [9.17, 15) is 4.79 Å². The molecule has 0 radical (unpaired) electrons. The quantitative estimate of drug-likeness (QED) is 0.745. The molecule has 0 unspecified atom stereocenters. The van der Waals surface area contributed by atoms with Crippen LogP contribution in [0.5, 0.6) is 5.75 Å². The van der Waals surface area contributed by atoms with E-state index in [2.05, 4.69) is 11.8 Å². The molecule has 0 atom stereocenters. The van der Waals surface area contributed by atoms with Crippen molar-refractivity contribution in [2.75, 3.05) is 6.61 Å². The van der Waals surface area contributed by atoms with Crippen LogP contribution in [-0.2, 0) is 11.2 Å². The number of carbonyl (C=O) groups is 1. The molecule has 0 aliphatic rings. The van der Waals surface area contributed by atoms with Crippen LogP contribution in [0.4, 0.5) is 0 Å². The molecule has 15 heavy (non-hydrogen) atoms. The van der Waals surface area contributed by atoms with Crippen molar-refractivity contribution >= 4 is 5.91 Å². The number of nitrogens with two attached hydrogens (primary N) is 1. The van der Waals surface area contributed by atoms with Gasteiger partial charge in [0.15, 0.2) is 0 Å². The number of amides is 1. The number of primary amides is 1. The summed E-state index contributed by atoms with van der Waals surface area (Å²) >= 11 is 0. The van der Waals surface area contributed by atoms with E-state index in [0.29, 0.717) is 12.4 Å². The van der Waals surface area contributed by atoms with E-state index in [1.807, 2.05) is 18.2 Å². The summed E-state index contributed by atoms with van der Waals surface area (Å²) in [5, 5.41) is 0. The number of benzene rings is 1. The van der Waals surface area contributed by atoms with Crippen LogP contribution in [0.15, 0.2) is 24.3 Å². The van der Waals surface area contributed by atoms with E-state index >= 15 is 0 Å². The monoisotopic (exact) mass is 203 g/mol. The second kappa shape index (κ2) is 5.71. The Hall–Kier alpha value is -1.95. The van der Waals surface area contributed by atoms with Gasteiger partial charge in [0.05, 0.1) is 6.42 Å². The van der Waals surface area contributed by atoms with Gasteiger partial charge in [0.1, 0.15) is 12.4 Å². The molecule has 0 bridgehead atoms. The third-order valence-corrected chi connectivity index (χ3v) is 1.81. The first kappa shape index (κ1) is 11.1. The van der Waals surface area contributed by atoms with Crippen molar-refractivity contribution in [3.8, 4) is 17.6 Å². The molecule has 0 aliphatic heterocycles. The molecular weight excluding hydrogens is 190 g/mol. The first-order valence-electron chi connectivity index (χ1n) is 4.62. The average Bonchev–Trinajstić information content (AvgIpc) is 2.20. The van der Waals surface area contributed by atoms with E-state index in [4.69, 9.17) is 10.5 Å². The van der Waals surface area contributed by atoms with Gasteiger partial charge in [-0.15, -0.1) is 5.92 Å². The Morgan fingerprint density at radius 1 is 1.47 bits per heavy atom. The molecule has 0 saturated carbocycles. The standard InChI is InChI=1S/C12H13NO2/c1-2-3-8-15-11-7-5-4-6-10(11)9-12(13)14/h4-7H,8-9H2,1H3,(H2,13,14). The Kier molecular flexibility index (Phi) is 4.24. The van der Waals surface area contributed by atoms with Crippen LogP contribution in [-0.4, -0.2) is 12.5 Å². The van der Waals surface area contributed by atoms with Crippen molar-refractivity contribution in [2.45, 2.75) is 13.3 Å². The highest BCUT2D eigenvalue weighted by molar-refractivity contribution is 5.77. The predicted molar refractivity (Wildman–Crippen MR) is 58.3 cm³/mol. The summed E-state index contributed by atoms with van der Waals surface area (Å²) in [6.45, 7) is 2.07. The number of para-hydroxylation sites is 1. The summed E-state index contributed by atoms with van der Waals surface area (Å²) in [6.07, 6.45) is 0.190. The fraction of sp³-hybridized carbons (Fsp3) is 0.250. The molecule has 0 spiro atoms. The molecule has 1 aromatic carbocycles. The smallest absolute Gasteiger partial charge is 0.221 e. The lowest BCUT2D eigenvalue weighted by Crippen LogP contribution is -2.14. The topological polar surface area (TPSA) is 52.3 Å². The highest BCUT2D eigenvalue weighted by Gasteiger charge is 2.04. The Labute approximate surface area is 89.2 Å². The Morgan fingerprint density at radius 3 is 2.87 bits per heavy atom. The fourth-order valence-electron chi connectivity index (χ4n) is 1.16. The van der Waals surface area contributed by atoms with Crippen LogP contribution in [0.3, 0.4) is 0 Å². The van der Waals surface area contributed by atoms with Gasteiger partial charge in [0, 0.05) is 5.56 Å². The van der Waals surface area contributed by atoms with Crippen LogP contribution >= 0.6 is 0 Å². The number of hydrogen-bond donors (Lipinski definition) is 1. The highest BCUT2D eigenvalue weighted by Crippen LogP contribution is 2.17. The summed E-state index contributed by atoms with van der Waals surface area (Å²) in [5.74, 6) is 5.82. The maximum Gasteiger partial charge on any atom is 0.221 e. The molecule has 1 amide bonds. The molecule has 78 valence electrons. The first-order valence-corrected chi connectivity index (χ1v) is 4.62. The van der Waals surface area contributed by atoms with Crippen LogP contribution in [0.2, 0.25) is 0 Å². The van der Waals surface area contributed by atoms with E-state index < -0.39 is 0 Å². The molecule has 0 saturated heterocycles. The third kappa shape index (κ3) is 3.74. The van der Waals surface area contributed by atoms with E-state index in [0.717, 1.165) is 5.56 Å². The minimum atomic E-state index is -0.368. The molecule has 0 aliphatic carbocycles. The molecule has 2 N–H and O–H groups in total. The predicted octanol–water partition coefficient (Wildman–Crippen LogP) is 1.12. The molecule has 3 heteroatoms. The van der Waals surface area contributed by atoms with Gasteiger partial charge in [0.25, 0.3) is 0 Å². The third-order valence-electron chi connectivity index (χ3n) is 1.81. The molecule has 0 heterocycles. The Balaban J connectivity index is 2.75. The summed E-state index contributed by atoms with van der Waals surface area (Å²) in [5.41, 5.74) is 5.92. The van der Waals surface area contributed by atoms with Crippen molar-refractivity contribution in [3.63, 3.8) is 0 Å². The second-order valence-corrected chi connectivity index (χ2v) is 2.97. The summed E-state index contributed by atoms with van der Waals surface area (Å²) in [7, 11) is 0. The molecular formula is C12H13NO2. The van der Waals surface area contributed by atoms with Crippen molar-refractivity contribution in [1.82, 2.24) is 0 Å². The Bertz CT molecular complexity index is 402. The Morgan fingerprint density at radius 2 is 2.20 bits per heavy atom. The summed E-state index contributed by atoms with van der Waals surface area (Å²) < 4.78 is 5.40. The van der Waals surface area contributed by atoms with Crippen molar-refractivity contribution in [2.24, 2.45) is 5.73 Å². The molecule has 0 fully saturated rings. The zero-order valence-electron chi connectivity index (χ0n) is 8.62. The molecule has 1 aromatic rings. The summed E-state index contributed by atoms with van der Waals surface area (Å²) in [4.78, 5) is 10.8. The zero-order chi connectivity index (χ0) is 11.1. The SMILES string of the molecule is CC#CCOc1ccccc1CC(N)=O. The van der Waals surface area contributed by atoms with Gasteiger partial charge < -0.3 is 10.5 Å². The second-order valence-electron chi connectivity index (χ2n) is 2.97. The molecule has 0 aromatic heterocycles. The van der Waals surface area contributed by atoms with Gasteiger partial charge in [-0.1, -0.05) is 24.1 Å². The van der Waals surface area contributed by atoms with Crippen LogP contribution in [0, 0.1) is 11.8 Å². The van der Waals surface area contributed by atoms with Crippen molar-refractivity contribution in [1.29, 1.82) is 0 Å². The zero-order valence-corrected chi connectivity index (χ0v) is 8.62. The van der Waals surface area contributed by atoms with Crippen molar-refractivity contribution in [3.05, 3.63) is 29.8 Å². The molecule has 1 rings (SSSR count). The largest absolute Gasteiger partial charge is 0.481 e. The van der Waals surface area contributed by atoms with Gasteiger partial charge in [0.2, 0.25) is 5.91 Å². The van der Waals surface area contributed by atoms with E-state index in [1.165, 1.54) is 0 Å². The van der Waals surface area contributed by atoms with Crippen LogP contribution in [0.25, 0.3) is 0 Å². The lowest BCUT2D eigenvalue weighted by molar-refractivity contribution is -0.117. The maximum absolute atomic E-state index is 10.8. The summed E-state index contributed by atoms with van der Waals surface area (Å²) in [6, 6.07) is 7.31. The normalized spacial score (nSPS) is 8.87. The van der Waals surface area contributed by atoms with Crippen molar-refractivity contribution < 1.29 is 9.53 Å².